The third-order valence-corrected chi connectivity index (χ3v) is 3.06. The van der Waals surface area contributed by atoms with Gasteiger partial charge in [-0.15, -0.1) is 0 Å². The summed E-state index contributed by atoms with van der Waals surface area (Å²) in [5, 5.41) is 9.42. The maximum absolute atomic E-state index is 11.5. The van der Waals surface area contributed by atoms with Crippen molar-refractivity contribution in [1.82, 2.24) is 0 Å². The number of hydrogen-bond acceptors (Lipinski definition) is 5. The van der Waals surface area contributed by atoms with Gasteiger partial charge in [-0.2, -0.15) is 0 Å². The van der Waals surface area contributed by atoms with Gasteiger partial charge in [0.25, 0.3) is 0 Å². The fourth-order valence-corrected chi connectivity index (χ4v) is 2.06. The van der Waals surface area contributed by atoms with Crippen LogP contribution in [0.15, 0.2) is 42.5 Å². The molecule has 0 aliphatic rings. The zero-order chi connectivity index (χ0) is 16.7. The van der Waals surface area contributed by atoms with Crippen LogP contribution in [-0.2, 0) is 9.47 Å². The molecule has 0 saturated carbocycles. The van der Waals surface area contributed by atoms with Crippen molar-refractivity contribution in [1.29, 1.82) is 0 Å². The molecular weight excluding hydrogens is 300 g/mol. The van der Waals surface area contributed by atoms with Gasteiger partial charge in [0, 0.05) is 25.8 Å². The van der Waals surface area contributed by atoms with Crippen LogP contribution in [0.1, 0.15) is 10.4 Å². The molecule has 1 N–H and O–H groups in total. The molecule has 2 aromatic rings. The van der Waals surface area contributed by atoms with Crippen LogP contribution in [0.4, 0.5) is 0 Å². The summed E-state index contributed by atoms with van der Waals surface area (Å²) in [6, 6.07) is 12.4. The summed E-state index contributed by atoms with van der Waals surface area (Å²) in [6.07, 6.45) is 0. The number of hydrogen-bond donors (Lipinski definition) is 1. The van der Waals surface area contributed by atoms with Crippen LogP contribution >= 0.6 is 0 Å². The molecule has 6 nitrogen and oxygen atoms in total. The van der Waals surface area contributed by atoms with E-state index >= 15 is 0 Å². The maximum Gasteiger partial charge on any atom is 0.339 e. The molecule has 23 heavy (non-hydrogen) atoms. The van der Waals surface area contributed by atoms with Crippen molar-refractivity contribution in [2.24, 2.45) is 0 Å². The van der Waals surface area contributed by atoms with E-state index < -0.39 is 5.97 Å². The van der Waals surface area contributed by atoms with Gasteiger partial charge in [0.15, 0.2) is 13.6 Å². The van der Waals surface area contributed by atoms with Crippen molar-refractivity contribution in [2.75, 3.05) is 27.8 Å². The van der Waals surface area contributed by atoms with E-state index in [1.54, 1.807) is 0 Å². The summed E-state index contributed by atoms with van der Waals surface area (Å²) < 4.78 is 20.7. The SMILES string of the molecule is COCOc1cc(OCOC)c(-c2ccccc2)cc1C(=O)O. The fraction of sp³-hybridized carbons (Fsp3) is 0.235. The van der Waals surface area contributed by atoms with Crippen molar-refractivity contribution < 1.29 is 28.8 Å². The predicted molar refractivity (Wildman–Crippen MR) is 83.8 cm³/mol. The van der Waals surface area contributed by atoms with Crippen LogP contribution in [0.25, 0.3) is 11.1 Å². The van der Waals surface area contributed by atoms with Gasteiger partial charge in [-0.3, -0.25) is 0 Å². The fourth-order valence-electron chi connectivity index (χ4n) is 2.06. The molecule has 2 rings (SSSR count). The zero-order valence-corrected chi connectivity index (χ0v) is 12.9. The lowest BCUT2D eigenvalue weighted by Gasteiger charge is -2.15. The van der Waals surface area contributed by atoms with E-state index in [0.29, 0.717) is 11.3 Å². The smallest absolute Gasteiger partial charge is 0.339 e. The molecule has 0 fully saturated rings. The van der Waals surface area contributed by atoms with Gasteiger partial charge in [0.05, 0.1) is 0 Å². The minimum atomic E-state index is -1.09. The van der Waals surface area contributed by atoms with E-state index in [1.165, 1.54) is 26.4 Å². The number of benzene rings is 2. The molecule has 0 spiro atoms. The van der Waals surface area contributed by atoms with Gasteiger partial charge < -0.3 is 24.1 Å². The Bertz CT molecular complexity index is 654. The maximum atomic E-state index is 11.5. The molecular formula is C17H18O6. The summed E-state index contributed by atoms with van der Waals surface area (Å²) in [5.74, 6) is -0.453. The molecule has 0 heterocycles. The summed E-state index contributed by atoms with van der Waals surface area (Å²) in [4.78, 5) is 11.5. The zero-order valence-electron chi connectivity index (χ0n) is 12.9. The van der Waals surface area contributed by atoms with E-state index in [0.717, 1.165) is 5.56 Å². The predicted octanol–water partition coefficient (Wildman–Crippen LogP) is 3.02. The van der Waals surface area contributed by atoms with Crippen molar-refractivity contribution in [3.05, 3.63) is 48.0 Å². The van der Waals surface area contributed by atoms with Crippen molar-refractivity contribution >= 4 is 5.97 Å². The van der Waals surface area contributed by atoms with Crippen molar-refractivity contribution in [3.63, 3.8) is 0 Å². The Morgan fingerprint density at radius 2 is 1.57 bits per heavy atom. The summed E-state index contributed by atoms with van der Waals surface area (Å²) in [5.41, 5.74) is 1.51. The van der Waals surface area contributed by atoms with Crippen LogP contribution in [0.2, 0.25) is 0 Å². The topological polar surface area (TPSA) is 74.2 Å². The number of ether oxygens (including phenoxy) is 4. The Labute approximate surface area is 134 Å². The highest BCUT2D eigenvalue weighted by atomic mass is 16.7. The Morgan fingerprint density at radius 3 is 2.13 bits per heavy atom. The molecule has 0 aliphatic heterocycles. The van der Waals surface area contributed by atoms with Gasteiger partial charge >= 0.3 is 5.97 Å². The molecule has 0 unspecified atom stereocenters. The molecule has 6 heteroatoms. The van der Waals surface area contributed by atoms with E-state index in [1.807, 2.05) is 30.3 Å². The summed E-state index contributed by atoms with van der Waals surface area (Å²) >= 11 is 0. The van der Waals surface area contributed by atoms with Crippen LogP contribution in [0, 0.1) is 0 Å². The molecule has 122 valence electrons. The first-order valence-electron chi connectivity index (χ1n) is 6.87. The van der Waals surface area contributed by atoms with Crippen LogP contribution in [0.5, 0.6) is 11.5 Å². The van der Waals surface area contributed by atoms with Crippen LogP contribution < -0.4 is 9.47 Å². The molecule has 0 radical (unpaired) electrons. The molecule has 2 aromatic carbocycles. The summed E-state index contributed by atoms with van der Waals surface area (Å²) in [7, 11) is 2.97. The number of rotatable bonds is 8. The van der Waals surface area contributed by atoms with Crippen molar-refractivity contribution in [2.45, 2.75) is 0 Å². The monoisotopic (exact) mass is 318 g/mol. The van der Waals surface area contributed by atoms with Gasteiger partial charge in [-0.25, -0.2) is 4.79 Å². The van der Waals surface area contributed by atoms with E-state index in [4.69, 9.17) is 18.9 Å². The highest BCUT2D eigenvalue weighted by Gasteiger charge is 2.18. The highest BCUT2D eigenvalue weighted by molar-refractivity contribution is 5.94. The van der Waals surface area contributed by atoms with E-state index in [9.17, 15) is 9.90 Å². The standard InChI is InChI=1S/C17H18O6/c1-20-10-22-15-9-16(23-11-21-2)14(17(18)19)8-13(15)12-6-4-3-5-7-12/h3-9H,10-11H2,1-2H3,(H,18,19). The number of carboxylic acids is 1. The first kappa shape index (κ1) is 16.8. The molecule has 0 aliphatic carbocycles. The van der Waals surface area contributed by atoms with Gasteiger partial charge in [-0.05, 0) is 11.6 Å². The Balaban J connectivity index is 2.53. The quantitative estimate of drug-likeness (QED) is 0.754. The van der Waals surface area contributed by atoms with Crippen LogP contribution in [0.3, 0.4) is 0 Å². The number of aromatic carboxylic acids is 1. The van der Waals surface area contributed by atoms with Gasteiger partial charge in [-0.1, -0.05) is 30.3 Å². The number of carbonyl (C=O) groups is 1. The molecule has 0 atom stereocenters. The molecule has 0 bridgehead atoms. The Hall–Kier alpha value is -2.57. The van der Waals surface area contributed by atoms with Gasteiger partial charge in [0.2, 0.25) is 0 Å². The third-order valence-electron chi connectivity index (χ3n) is 3.06. The van der Waals surface area contributed by atoms with Crippen molar-refractivity contribution in [3.8, 4) is 22.6 Å². The molecule has 0 amide bonds. The second-order valence-electron chi connectivity index (χ2n) is 4.62. The minimum Gasteiger partial charge on any atom is -0.478 e. The second-order valence-corrected chi connectivity index (χ2v) is 4.62. The largest absolute Gasteiger partial charge is 0.478 e. The van der Waals surface area contributed by atoms with Crippen LogP contribution in [-0.4, -0.2) is 38.9 Å². The first-order valence-corrected chi connectivity index (χ1v) is 6.87. The normalized spacial score (nSPS) is 10.3. The Kier molecular flexibility index (Phi) is 5.96. The van der Waals surface area contributed by atoms with Gasteiger partial charge in [0.1, 0.15) is 17.1 Å². The second kappa shape index (κ2) is 8.17. The number of carboxylic acid groups (broad SMARTS) is 1. The average molecular weight is 318 g/mol. The first-order chi connectivity index (χ1) is 11.2. The van der Waals surface area contributed by atoms with E-state index in [2.05, 4.69) is 0 Å². The minimum absolute atomic E-state index is 0.0330. The lowest BCUT2D eigenvalue weighted by molar-refractivity contribution is 0.0447. The highest BCUT2D eigenvalue weighted by Crippen LogP contribution is 2.36. The molecule has 0 aromatic heterocycles. The lowest BCUT2D eigenvalue weighted by atomic mass is 10.0. The summed E-state index contributed by atoms with van der Waals surface area (Å²) in [6.45, 7) is -0.0232. The lowest BCUT2D eigenvalue weighted by Crippen LogP contribution is -2.08. The number of methoxy groups -OCH3 is 2. The Morgan fingerprint density at radius 1 is 0.957 bits per heavy atom. The third kappa shape index (κ3) is 4.21. The molecule has 0 saturated heterocycles. The van der Waals surface area contributed by atoms with E-state index in [-0.39, 0.29) is 24.9 Å². The average Bonchev–Trinajstić information content (AvgIpc) is 2.58.